The molecule has 1 N–H and O–H groups in total. The van der Waals surface area contributed by atoms with E-state index in [1.807, 2.05) is 0 Å². The maximum absolute atomic E-state index is 11.9. The topological polar surface area (TPSA) is 65.1 Å². The maximum atomic E-state index is 11.9. The number of rotatable bonds is 4. The molecule has 2 heterocycles. The van der Waals surface area contributed by atoms with Gasteiger partial charge in [-0.05, 0) is 7.05 Å². The third-order valence-electron chi connectivity index (χ3n) is 3.84. The Labute approximate surface area is 115 Å². The van der Waals surface area contributed by atoms with Crippen molar-refractivity contribution in [2.24, 2.45) is 0 Å². The lowest BCUT2D eigenvalue weighted by Crippen LogP contribution is -2.57. The van der Waals surface area contributed by atoms with Crippen LogP contribution in [0.15, 0.2) is 0 Å². The van der Waals surface area contributed by atoms with Gasteiger partial charge >= 0.3 is 0 Å². The molecule has 0 bridgehead atoms. The third kappa shape index (κ3) is 3.65. The van der Waals surface area contributed by atoms with Crippen molar-refractivity contribution in [2.75, 3.05) is 60.5 Å². The molecule has 0 aliphatic carbocycles. The van der Waals surface area contributed by atoms with Gasteiger partial charge in [0.05, 0.1) is 25.3 Å². The summed E-state index contributed by atoms with van der Waals surface area (Å²) < 4.78 is 33.2. The van der Waals surface area contributed by atoms with E-state index < -0.39 is 10.2 Å². The van der Waals surface area contributed by atoms with Gasteiger partial charge in [0, 0.05) is 40.3 Å². The molecule has 2 rings (SSSR count). The highest BCUT2D eigenvalue weighted by Crippen LogP contribution is 2.16. The number of hydrogen-bond acceptors (Lipinski definition) is 5. The van der Waals surface area contributed by atoms with Crippen LogP contribution in [-0.2, 0) is 14.9 Å². The largest absolute Gasteiger partial charge is 0.378 e. The van der Waals surface area contributed by atoms with Gasteiger partial charge in [-0.15, -0.1) is 0 Å². The van der Waals surface area contributed by atoms with E-state index in [0.29, 0.717) is 13.2 Å². The summed E-state index contributed by atoms with van der Waals surface area (Å²) in [4.78, 5) is 4.61. The molecular weight excluding hydrogens is 268 g/mol. The lowest BCUT2D eigenvalue weighted by atomic mass is 10.1. The number of piperazine rings is 1. The zero-order valence-electron chi connectivity index (χ0n) is 11.9. The van der Waals surface area contributed by atoms with Crippen LogP contribution in [-0.4, -0.2) is 95.1 Å². The van der Waals surface area contributed by atoms with Crippen LogP contribution in [0, 0.1) is 0 Å². The predicted octanol–water partition coefficient (Wildman–Crippen LogP) is -1.60. The second-order valence-corrected chi connectivity index (χ2v) is 7.37. The van der Waals surface area contributed by atoms with Crippen molar-refractivity contribution in [2.45, 2.75) is 12.1 Å². The molecular formula is C11H24N4O3S. The molecule has 2 aliphatic heterocycles. The van der Waals surface area contributed by atoms with Crippen LogP contribution in [0.3, 0.4) is 0 Å². The van der Waals surface area contributed by atoms with Gasteiger partial charge in [0.15, 0.2) is 0 Å². The molecule has 0 radical (unpaired) electrons. The smallest absolute Gasteiger partial charge is 0.279 e. The molecule has 2 saturated heterocycles. The van der Waals surface area contributed by atoms with Gasteiger partial charge in [-0.25, -0.2) is 0 Å². The minimum Gasteiger partial charge on any atom is -0.378 e. The second kappa shape index (κ2) is 6.02. The first-order valence-electron chi connectivity index (χ1n) is 6.60. The van der Waals surface area contributed by atoms with Crippen molar-refractivity contribution in [1.82, 2.24) is 18.8 Å². The van der Waals surface area contributed by atoms with E-state index in [1.54, 1.807) is 0 Å². The second-order valence-electron chi connectivity index (χ2n) is 5.46. The molecule has 7 nitrogen and oxygen atoms in total. The minimum atomic E-state index is -3.40. The normalized spacial score (nSPS) is 31.2. The van der Waals surface area contributed by atoms with Crippen LogP contribution in [0.5, 0.6) is 0 Å². The summed E-state index contributed by atoms with van der Waals surface area (Å²) in [6, 6.07) is -0.0146. The van der Waals surface area contributed by atoms with Crippen molar-refractivity contribution >= 4 is 10.2 Å². The quantitative estimate of drug-likeness (QED) is 0.676. The van der Waals surface area contributed by atoms with Gasteiger partial charge in [-0.2, -0.15) is 17.4 Å². The van der Waals surface area contributed by atoms with E-state index in [9.17, 15) is 8.42 Å². The summed E-state index contributed by atoms with van der Waals surface area (Å²) in [7, 11) is 1.77. The molecule has 0 aromatic carbocycles. The van der Waals surface area contributed by atoms with Crippen LogP contribution in [0.25, 0.3) is 0 Å². The Balaban J connectivity index is 1.97. The monoisotopic (exact) mass is 292 g/mol. The van der Waals surface area contributed by atoms with E-state index in [2.05, 4.69) is 21.6 Å². The summed E-state index contributed by atoms with van der Waals surface area (Å²) in [5.74, 6) is 0. The fourth-order valence-corrected chi connectivity index (χ4v) is 3.28. The van der Waals surface area contributed by atoms with Gasteiger partial charge in [-0.3, -0.25) is 4.90 Å². The Morgan fingerprint density at radius 3 is 2.37 bits per heavy atom. The van der Waals surface area contributed by atoms with E-state index in [1.165, 1.54) is 18.4 Å². The highest BCUT2D eigenvalue weighted by molar-refractivity contribution is 7.87. The maximum Gasteiger partial charge on any atom is 0.279 e. The van der Waals surface area contributed by atoms with E-state index in [0.717, 1.165) is 26.2 Å². The van der Waals surface area contributed by atoms with Gasteiger partial charge in [-0.1, -0.05) is 0 Å². The average molecular weight is 292 g/mol. The van der Waals surface area contributed by atoms with Crippen LogP contribution >= 0.6 is 0 Å². The van der Waals surface area contributed by atoms with E-state index >= 15 is 0 Å². The molecule has 2 fully saturated rings. The number of nitrogens with zero attached hydrogens (tertiary/aromatic N) is 3. The Bertz CT molecular complexity index is 393. The summed E-state index contributed by atoms with van der Waals surface area (Å²) in [6.07, 6.45) is 0. The standard InChI is InChI=1S/C11H24N4O3S/c1-13(2)19(16,17)12-10-8-18-9-11(10)15-6-4-14(3)5-7-15/h10-12H,4-9H2,1-3H3. The number of ether oxygens (including phenoxy) is 1. The van der Waals surface area contributed by atoms with Crippen molar-refractivity contribution in [3.63, 3.8) is 0 Å². The molecule has 8 heteroatoms. The van der Waals surface area contributed by atoms with E-state index in [-0.39, 0.29) is 12.1 Å². The van der Waals surface area contributed by atoms with Gasteiger partial charge in [0.25, 0.3) is 10.2 Å². The fraction of sp³-hybridized carbons (Fsp3) is 1.00. The van der Waals surface area contributed by atoms with Crippen LogP contribution < -0.4 is 4.72 Å². The highest BCUT2D eigenvalue weighted by Gasteiger charge is 2.36. The molecule has 0 amide bonds. The zero-order valence-corrected chi connectivity index (χ0v) is 12.7. The molecule has 112 valence electrons. The molecule has 0 aromatic heterocycles. The first kappa shape index (κ1) is 15.1. The SMILES string of the molecule is CN1CCN(C2COCC2NS(=O)(=O)N(C)C)CC1. The fourth-order valence-electron chi connectivity index (χ4n) is 2.47. The van der Waals surface area contributed by atoms with Crippen molar-refractivity contribution in [3.05, 3.63) is 0 Å². The molecule has 19 heavy (non-hydrogen) atoms. The van der Waals surface area contributed by atoms with Crippen molar-refractivity contribution in [3.8, 4) is 0 Å². The summed E-state index contributed by atoms with van der Waals surface area (Å²) in [5, 5.41) is 0. The summed E-state index contributed by atoms with van der Waals surface area (Å²) in [5.41, 5.74) is 0. The number of hydrogen-bond donors (Lipinski definition) is 1. The van der Waals surface area contributed by atoms with Crippen LogP contribution in [0.4, 0.5) is 0 Å². The Morgan fingerprint density at radius 1 is 1.16 bits per heavy atom. The third-order valence-corrected chi connectivity index (χ3v) is 5.40. The van der Waals surface area contributed by atoms with Gasteiger partial charge in [0.1, 0.15) is 0 Å². The van der Waals surface area contributed by atoms with E-state index in [4.69, 9.17) is 4.74 Å². The predicted molar refractivity (Wildman–Crippen MR) is 73.2 cm³/mol. The lowest BCUT2D eigenvalue weighted by Gasteiger charge is -2.38. The van der Waals surface area contributed by atoms with Crippen molar-refractivity contribution < 1.29 is 13.2 Å². The van der Waals surface area contributed by atoms with Gasteiger partial charge in [0.2, 0.25) is 0 Å². The summed E-state index contributed by atoms with van der Waals surface area (Å²) in [6.45, 7) is 5.01. The first-order chi connectivity index (χ1) is 8.90. The molecule has 2 unspecified atom stereocenters. The molecule has 2 aliphatic rings. The lowest BCUT2D eigenvalue weighted by molar-refractivity contribution is 0.0929. The minimum absolute atomic E-state index is 0.142. The average Bonchev–Trinajstić information content (AvgIpc) is 2.77. The van der Waals surface area contributed by atoms with Crippen LogP contribution in [0.1, 0.15) is 0 Å². The molecule has 0 aromatic rings. The number of likely N-dealkylation sites (N-methyl/N-ethyl adjacent to an activating group) is 1. The Kier molecular flexibility index (Phi) is 4.80. The molecule has 0 spiro atoms. The first-order valence-corrected chi connectivity index (χ1v) is 8.04. The van der Waals surface area contributed by atoms with Crippen molar-refractivity contribution in [1.29, 1.82) is 0 Å². The Hall–Kier alpha value is -0.250. The van der Waals surface area contributed by atoms with Gasteiger partial charge < -0.3 is 9.64 Å². The summed E-state index contributed by atoms with van der Waals surface area (Å²) >= 11 is 0. The number of nitrogens with one attached hydrogen (secondary N) is 1. The zero-order chi connectivity index (χ0) is 14.0. The Morgan fingerprint density at radius 2 is 1.79 bits per heavy atom. The molecule has 0 saturated carbocycles. The van der Waals surface area contributed by atoms with Crippen LogP contribution in [0.2, 0.25) is 0 Å². The highest BCUT2D eigenvalue weighted by atomic mass is 32.2. The molecule has 2 atom stereocenters.